The zero-order valence-corrected chi connectivity index (χ0v) is 10.3. The molecule has 1 aliphatic heterocycles. The third-order valence-electron chi connectivity index (χ3n) is 3.80. The topological polar surface area (TPSA) is 33.1 Å². The van der Waals surface area contributed by atoms with Gasteiger partial charge in [0.05, 0.1) is 6.33 Å². The molecular formula is C12H22N4. The van der Waals surface area contributed by atoms with Gasteiger partial charge in [0, 0.05) is 31.0 Å². The van der Waals surface area contributed by atoms with Crippen LogP contribution in [0.5, 0.6) is 0 Å². The number of nitrogens with one attached hydrogen (secondary N) is 1. The van der Waals surface area contributed by atoms with E-state index in [1.807, 2.05) is 18.7 Å². The smallest absolute Gasteiger partial charge is 0.0946 e. The highest BCUT2D eigenvalue weighted by Gasteiger charge is 2.27. The Morgan fingerprint density at radius 2 is 2.06 bits per heavy atom. The van der Waals surface area contributed by atoms with E-state index in [1.54, 1.807) is 0 Å². The van der Waals surface area contributed by atoms with Crippen LogP contribution in [0.25, 0.3) is 0 Å². The molecule has 2 heterocycles. The van der Waals surface area contributed by atoms with Crippen molar-refractivity contribution in [2.75, 3.05) is 26.7 Å². The van der Waals surface area contributed by atoms with E-state index in [2.05, 4.69) is 33.7 Å². The first-order valence-electron chi connectivity index (χ1n) is 6.09. The van der Waals surface area contributed by atoms with Gasteiger partial charge in [0.2, 0.25) is 0 Å². The van der Waals surface area contributed by atoms with Crippen molar-refractivity contribution in [3.05, 3.63) is 18.7 Å². The van der Waals surface area contributed by atoms with Crippen LogP contribution in [0, 0.1) is 0 Å². The lowest BCUT2D eigenvalue weighted by Crippen LogP contribution is -2.50. The van der Waals surface area contributed by atoms with Crippen molar-refractivity contribution in [1.82, 2.24) is 19.8 Å². The number of piperidine rings is 1. The van der Waals surface area contributed by atoms with Gasteiger partial charge in [-0.25, -0.2) is 4.98 Å². The van der Waals surface area contributed by atoms with E-state index in [1.165, 1.54) is 25.9 Å². The van der Waals surface area contributed by atoms with Gasteiger partial charge in [0.25, 0.3) is 0 Å². The first-order valence-corrected chi connectivity index (χ1v) is 6.09. The van der Waals surface area contributed by atoms with Gasteiger partial charge < -0.3 is 14.8 Å². The Labute approximate surface area is 97.7 Å². The zero-order valence-electron chi connectivity index (χ0n) is 10.3. The predicted molar refractivity (Wildman–Crippen MR) is 65.4 cm³/mol. The number of imidazole rings is 1. The van der Waals surface area contributed by atoms with Crippen LogP contribution in [0.2, 0.25) is 0 Å². The molecule has 2 rings (SSSR count). The highest BCUT2D eigenvalue weighted by molar-refractivity contribution is 4.88. The van der Waals surface area contributed by atoms with Gasteiger partial charge in [-0.15, -0.1) is 0 Å². The molecule has 4 nitrogen and oxygen atoms in total. The summed E-state index contributed by atoms with van der Waals surface area (Å²) in [5.74, 6) is 0. The van der Waals surface area contributed by atoms with E-state index >= 15 is 0 Å². The minimum Gasteiger partial charge on any atom is -0.336 e. The SMILES string of the molecule is CNC1(C)CCN(CCn2ccnc2)CC1. The van der Waals surface area contributed by atoms with Crippen molar-refractivity contribution >= 4 is 0 Å². The molecule has 1 aromatic rings. The molecule has 0 spiro atoms. The molecule has 0 bridgehead atoms. The van der Waals surface area contributed by atoms with Crippen LogP contribution < -0.4 is 5.32 Å². The second kappa shape index (κ2) is 4.97. The van der Waals surface area contributed by atoms with Gasteiger partial charge >= 0.3 is 0 Å². The molecule has 1 saturated heterocycles. The maximum absolute atomic E-state index is 4.06. The molecule has 0 atom stereocenters. The largest absolute Gasteiger partial charge is 0.336 e. The van der Waals surface area contributed by atoms with E-state index in [0.717, 1.165) is 13.1 Å². The quantitative estimate of drug-likeness (QED) is 0.823. The van der Waals surface area contributed by atoms with Crippen LogP contribution in [-0.2, 0) is 6.54 Å². The summed E-state index contributed by atoms with van der Waals surface area (Å²) in [5.41, 5.74) is 0.353. The Kier molecular flexibility index (Phi) is 3.61. The van der Waals surface area contributed by atoms with Gasteiger partial charge in [-0.2, -0.15) is 0 Å². The number of hydrogen-bond donors (Lipinski definition) is 1. The lowest BCUT2D eigenvalue weighted by molar-refractivity contribution is 0.148. The summed E-state index contributed by atoms with van der Waals surface area (Å²) in [5, 5.41) is 3.43. The van der Waals surface area contributed by atoms with Crippen molar-refractivity contribution in [2.45, 2.75) is 31.8 Å². The zero-order chi connectivity index (χ0) is 11.4. The lowest BCUT2D eigenvalue weighted by Gasteiger charge is -2.39. The van der Waals surface area contributed by atoms with Gasteiger partial charge in [0.1, 0.15) is 0 Å². The third-order valence-corrected chi connectivity index (χ3v) is 3.80. The molecule has 0 saturated carbocycles. The standard InChI is InChI=1S/C12H22N4/c1-12(13-2)3-6-15(7-4-12)9-10-16-8-5-14-11-16/h5,8,11,13H,3-4,6-7,9-10H2,1-2H3. The Bertz CT molecular complexity index is 299. The summed E-state index contributed by atoms with van der Waals surface area (Å²) < 4.78 is 2.14. The summed E-state index contributed by atoms with van der Waals surface area (Å²) in [4.78, 5) is 6.60. The molecule has 16 heavy (non-hydrogen) atoms. The molecule has 1 fully saturated rings. The van der Waals surface area contributed by atoms with E-state index in [9.17, 15) is 0 Å². The first kappa shape index (κ1) is 11.6. The fourth-order valence-corrected chi connectivity index (χ4v) is 2.20. The first-order chi connectivity index (χ1) is 7.72. The summed E-state index contributed by atoms with van der Waals surface area (Å²) in [7, 11) is 2.07. The molecular weight excluding hydrogens is 200 g/mol. The van der Waals surface area contributed by atoms with Gasteiger partial charge in [0.15, 0.2) is 0 Å². The van der Waals surface area contributed by atoms with Crippen LogP contribution in [0.1, 0.15) is 19.8 Å². The number of rotatable bonds is 4. The van der Waals surface area contributed by atoms with Crippen LogP contribution in [0.3, 0.4) is 0 Å². The van der Waals surface area contributed by atoms with Gasteiger partial charge in [-0.1, -0.05) is 0 Å². The van der Waals surface area contributed by atoms with Crippen LogP contribution in [0.15, 0.2) is 18.7 Å². The molecule has 1 aromatic heterocycles. The van der Waals surface area contributed by atoms with E-state index < -0.39 is 0 Å². The molecule has 1 N–H and O–H groups in total. The van der Waals surface area contributed by atoms with E-state index in [-0.39, 0.29) is 0 Å². The van der Waals surface area contributed by atoms with Crippen molar-refractivity contribution in [1.29, 1.82) is 0 Å². The maximum atomic E-state index is 4.06. The molecule has 0 aliphatic carbocycles. The van der Waals surface area contributed by atoms with Crippen molar-refractivity contribution < 1.29 is 0 Å². The van der Waals surface area contributed by atoms with E-state index in [0.29, 0.717) is 5.54 Å². The predicted octanol–water partition coefficient (Wildman–Crippen LogP) is 0.957. The summed E-state index contributed by atoms with van der Waals surface area (Å²) in [6, 6.07) is 0. The molecule has 1 aliphatic rings. The second-order valence-corrected chi connectivity index (χ2v) is 4.95. The molecule has 4 heteroatoms. The van der Waals surface area contributed by atoms with Crippen LogP contribution >= 0.6 is 0 Å². The fraction of sp³-hybridized carbons (Fsp3) is 0.750. The lowest BCUT2D eigenvalue weighted by atomic mass is 9.90. The van der Waals surface area contributed by atoms with Crippen LogP contribution in [-0.4, -0.2) is 46.7 Å². The van der Waals surface area contributed by atoms with Gasteiger partial charge in [-0.05, 0) is 39.9 Å². The number of likely N-dealkylation sites (tertiary alicyclic amines) is 1. The number of aromatic nitrogens is 2. The minimum absolute atomic E-state index is 0.353. The fourth-order valence-electron chi connectivity index (χ4n) is 2.20. The highest BCUT2D eigenvalue weighted by Crippen LogP contribution is 2.20. The average Bonchev–Trinajstić information content (AvgIpc) is 2.81. The Morgan fingerprint density at radius 1 is 1.31 bits per heavy atom. The van der Waals surface area contributed by atoms with Crippen LogP contribution in [0.4, 0.5) is 0 Å². The van der Waals surface area contributed by atoms with Gasteiger partial charge in [-0.3, -0.25) is 0 Å². The highest BCUT2D eigenvalue weighted by atomic mass is 15.2. The third kappa shape index (κ3) is 2.83. The number of nitrogens with zero attached hydrogens (tertiary/aromatic N) is 3. The Balaban J connectivity index is 1.73. The molecule has 0 unspecified atom stereocenters. The molecule has 90 valence electrons. The average molecular weight is 222 g/mol. The maximum Gasteiger partial charge on any atom is 0.0946 e. The second-order valence-electron chi connectivity index (χ2n) is 4.95. The summed E-state index contributed by atoms with van der Waals surface area (Å²) in [6.45, 7) is 6.91. The molecule has 0 radical (unpaired) electrons. The molecule has 0 amide bonds. The number of hydrogen-bond acceptors (Lipinski definition) is 3. The summed E-state index contributed by atoms with van der Waals surface area (Å²) >= 11 is 0. The van der Waals surface area contributed by atoms with Crippen molar-refractivity contribution in [2.24, 2.45) is 0 Å². The van der Waals surface area contributed by atoms with Crippen molar-refractivity contribution in [3.63, 3.8) is 0 Å². The Morgan fingerprint density at radius 3 is 2.62 bits per heavy atom. The summed E-state index contributed by atoms with van der Waals surface area (Å²) in [6.07, 6.45) is 8.25. The monoisotopic (exact) mass is 222 g/mol. The van der Waals surface area contributed by atoms with E-state index in [4.69, 9.17) is 0 Å². The van der Waals surface area contributed by atoms with Crippen molar-refractivity contribution in [3.8, 4) is 0 Å². The normalized spacial score (nSPS) is 21.1. The minimum atomic E-state index is 0.353. The molecule has 0 aromatic carbocycles. The Hall–Kier alpha value is -0.870.